The van der Waals surface area contributed by atoms with E-state index < -0.39 is 0 Å². The second-order valence-electron chi connectivity index (χ2n) is 6.73. The molecule has 0 amide bonds. The molecule has 0 unspecified atom stereocenters. The normalized spacial score (nSPS) is 10.6. The fourth-order valence-corrected chi connectivity index (χ4v) is 3.11. The molecule has 3 aromatic rings. The summed E-state index contributed by atoms with van der Waals surface area (Å²) in [7, 11) is 0. The maximum Gasteiger partial charge on any atom is 0.225 e. The van der Waals surface area contributed by atoms with Gasteiger partial charge in [0, 0.05) is 55.2 Å². The molecule has 3 rings (SSSR count). The van der Waals surface area contributed by atoms with Gasteiger partial charge in [0.25, 0.3) is 0 Å². The first-order valence-corrected chi connectivity index (χ1v) is 9.70. The van der Waals surface area contributed by atoms with Crippen molar-refractivity contribution in [3.05, 3.63) is 65.6 Å². The number of nitrogens with zero attached hydrogens (tertiary/aromatic N) is 4. The van der Waals surface area contributed by atoms with Gasteiger partial charge >= 0.3 is 0 Å². The first kappa shape index (κ1) is 19.6. The molecule has 0 radical (unpaired) electrons. The monoisotopic (exact) mass is 376 g/mol. The van der Waals surface area contributed by atoms with Crippen molar-refractivity contribution in [2.45, 2.75) is 34.2 Å². The van der Waals surface area contributed by atoms with Crippen LogP contribution in [0.2, 0.25) is 0 Å². The molecule has 2 aromatic heterocycles. The second kappa shape index (κ2) is 9.17. The van der Waals surface area contributed by atoms with E-state index in [9.17, 15) is 0 Å². The minimum atomic E-state index is 0.601. The van der Waals surface area contributed by atoms with E-state index >= 15 is 0 Å². The molecule has 0 aliphatic heterocycles. The number of anilines is 4. The lowest BCUT2D eigenvalue weighted by Crippen LogP contribution is -2.21. The number of hydrogen-bond donors (Lipinski definition) is 2. The Labute approximate surface area is 167 Å². The Morgan fingerprint density at radius 3 is 2.50 bits per heavy atom. The average Bonchev–Trinajstić information content (AvgIpc) is 2.70. The summed E-state index contributed by atoms with van der Waals surface area (Å²) in [4.78, 5) is 15.6. The van der Waals surface area contributed by atoms with E-state index in [1.807, 2.05) is 31.3 Å². The molecule has 0 atom stereocenters. The summed E-state index contributed by atoms with van der Waals surface area (Å²) < 4.78 is 0. The van der Waals surface area contributed by atoms with Gasteiger partial charge in [0.1, 0.15) is 5.82 Å². The molecule has 28 heavy (non-hydrogen) atoms. The molecule has 0 aliphatic carbocycles. The molecule has 0 spiro atoms. The Morgan fingerprint density at radius 2 is 1.82 bits per heavy atom. The van der Waals surface area contributed by atoms with Gasteiger partial charge in [-0.25, -0.2) is 4.98 Å². The Bertz CT molecular complexity index is 906. The number of pyridine rings is 1. The number of nitrogens with one attached hydrogen (secondary N) is 2. The minimum absolute atomic E-state index is 0.601. The highest BCUT2D eigenvalue weighted by Gasteiger charge is 2.08. The molecular weight excluding hydrogens is 348 g/mol. The van der Waals surface area contributed by atoms with Crippen LogP contribution in [0.4, 0.5) is 23.1 Å². The van der Waals surface area contributed by atoms with Gasteiger partial charge < -0.3 is 15.5 Å². The predicted octanol–water partition coefficient (Wildman–Crippen LogP) is 4.69. The largest absolute Gasteiger partial charge is 0.372 e. The van der Waals surface area contributed by atoms with Crippen LogP contribution in [0.1, 0.15) is 30.7 Å². The van der Waals surface area contributed by atoms with Crippen LogP contribution in [-0.2, 0) is 6.54 Å². The third kappa shape index (κ3) is 4.97. The molecule has 0 aliphatic rings. The topological polar surface area (TPSA) is 66.0 Å². The maximum absolute atomic E-state index is 4.61. The smallest absolute Gasteiger partial charge is 0.225 e. The lowest BCUT2D eigenvalue weighted by molar-refractivity contribution is 0.866. The number of hydrogen-bond acceptors (Lipinski definition) is 6. The molecule has 6 nitrogen and oxygen atoms in total. The average molecular weight is 377 g/mol. The van der Waals surface area contributed by atoms with E-state index in [0.717, 1.165) is 35.9 Å². The Hall–Kier alpha value is -3.15. The van der Waals surface area contributed by atoms with Crippen LogP contribution >= 0.6 is 0 Å². The van der Waals surface area contributed by atoms with Crippen molar-refractivity contribution in [2.24, 2.45) is 0 Å². The molecule has 1 aromatic carbocycles. The molecule has 2 N–H and O–H groups in total. The Kier molecular flexibility index (Phi) is 6.42. The highest BCUT2D eigenvalue weighted by atomic mass is 15.1. The Balaban J connectivity index is 1.74. The standard InChI is InChI=1S/C22H28N6/c1-5-28(6-2)19-9-10-20(16(3)12-19)26-21-13-17(4)25-22(27-21)24-15-18-8-7-11-23-14-18/h7-14H,5-6,15H2,1-4H3,(H2,24,25,26,27). The zero-order chi connectivity index (χ0) is 19.9. The van der Waals surface area contributed by atoms with Gasteiger partial charge in [-0.05, 0) is 63.1 Å². The molecule has 6 heteroatoms. The van der Waals surface area contributed by atoms with Gasteiger partial charge in [-0.3, -0.25) is 4.98 Å². The summed E-state index contributed by atoms with van der Waals surface area (Å²) in [5.41, 5.74) is 5.47. The SMILES string of the molecule is CCN(CC)c1ccc(Nc2cc(C)nc(NCc3cccnc3)n2)c(C)c1. The van der Waals surface area contributed by atoms with Crippen LogP contribution in [-0.4, -0.2) is 28.0 Å². The lowest BCUT2D eigenvalue weighted by Gasteiger charge is -2.22. The van der Waals surface area contributed by atoms with Crippen molar-refractivity contribution in [3.63, 3.8) is 0 Å². The molecule has 2 heterocycles. The first-order chi connectivity index (χ1) is 13.6. The van der Waals surface area contributed by atoms with E-state index in [4.69, 9.17) is 0 Å². The molecule has 0 saturated heterocycles. The van der Waals surface area contributed by atoms with E-state index in [1.54, 1.807) is 6.20 Å². The molecule has 0 saturated carbocycles. The number of benzene rings is 1. The summed E-state index contributed by atoms with van der Waals surface area (Å²) in [6.45, 7) is 11.1. The van der Waals surface area contributed by atoms with Crippen LogP contribution in [0, 0.1) is 13.8 Å². The van der Waals surface area contributed by atoms with Gasteiger partial charge in [-0.15, -0.1) is 0 Å². The van der Waals surface area contributed by atoms with Gasteiger partial charge in [-0.1, -0.05) is 6.07 Å². The third-order valence-electron chi connectivity index (χ3n) is 4.63. The van der Waals surface area contributed by atoms with Crippen molar-refractivity contribution in [1.29, 1.82) is 0 Å². The van der Waals surface area contributed by atoms with E-state index in [2.05, 4.69) is 69.5 Å². The zero-order valence-corrected chi connectivity index (χ0v) is 17.0. The minimum Gasteiger partial charge on any atom is -0.372 e. The van der Waals surface area contributed by atoms with Crippen LogP contribution in [0.15, 0.2) is 48.8 Å². The number of aryl methyl sites for hydroxylation is 2. The summed E-state index contributed by atoms with van der Waals surface area (Å²) in [6.07, 6.45) is 3.60. The van der Waals surface area contributed by atoms with Gasteiger partial charge in [0.15, 0.2) is 0 Å². The van der Waals surface area contributed by atoms with Crippen LogP contribution < -0.4 is 15.5 Å². The van der Waals surface area contributed by atoms with Crippen LogP contribution in [0.25, 0.3) is 0 Å². The van der Waals surface area contributed by atoms with Gasteiger partial charge in [-0.2, -0.15) is 4.98 Å². The summed E-state index contributed by atoms with van der Waals surface area (Å²) in [6, 6.07) is 12.4. The predicted molar refractivity (Wildman–Crippen MR) is 116 cm³/mol. The fraction of sp³-hybridized carbons (Fsp3) is 0.318. The lowest BCUT2D eigenvalue weighted by atomic mass is 10.1. The molecule has 0 bridgehead atoms. The highest BCUT2D eigenvalue weighted by molar-refractivity contribution is 5.65. The quantitative estimate of drug-likeness (QED) is 0.594. The summed E-state index contributed by atoms with van der Waals surface area (Å²) >= 11 is 0. The van der Waals surface area contributed by atoms with Crippen molar-refractivity contribution in [3.8, 4) is 0 Å². The third-order valence-corrected chi connectivity index (χ3v) is 4.63. The van der Waals surface area contributed by atoms with Crippen LogP contribution in [0.5, 0.6) is 0 Å². The van der Waals surface area contributed by atoms with Crippen molar-refractivity contribution in [2.75, 3.05) is 28.6 Å². The van der Waals surface area contributed by atoms with Crippen molar-refractivity contribution >= 4 is 23.1 Å². The number of rotatable bonds is 8. The molecule has 146 valence electrons. The second-order valence-corrected chi connectivity index (χ2v) is 6.73. The highest BCUT2D eigenvalue weighted by Crippen LogP contribution is 2.25. The van der Waals surface area contributed by atoms with E-state index in [1.165, 1.54) is 11.3 Å². The zero-order valence-electron chi connectivity index (χ0n) is 17.0. The molecule has 0 fully saturated rings. The molecular formula is C22H28N6. The Morgan fingerprint density at radius 1 is 1.00 bits per heavy atom. The summed E-state index contributed by atoms with van der Waals surface area (Å²) in [5.74, 6) is 1.38. The maximum atomic E-state index is 4.61. The fourth-order valence-electron chi connectivity index (χ4n) is 3.11. The van der Waals surface area contributed by atoms with E-state index in [0.29, 0.717) is 12.5 Å². The van der Waals surface area contributed by atoms with Crippen molar-refractivity contribution < 1.29 is 0 Å². The van der Waals surface area contributed by atoms with Crippen LogP contribution in [0.3, 0.4) is 0 Å². The van der Waals surface area contributed by atoms with Gasteiger partial charge in [0.2, 0.25) is 5.95 Å². The summed E-state index contributed by atoms with van der Waals surface area (Å²) in [5, 5.41) is 6.70. The number of aromatic nitrogens is 3. The van der Waals surface area contributed by atoms with Crippen molar-refractivity contribution in [1.82, 2.24) is 15.0 Å². The van der Waals surface area contributed by atoms with E-state index in [-0.39, 0.29) is 0 Å². The first-order valence-electron chi connectivity index (χ1n) is 9.70. The van der Waals surface area contributed by atoms with Gasteiger partial charge in [0.05, 0.1) is 0 Å².